The number of amides is 1. The molecular formula is C15H17NO4. The van der Waals surface area contributed by atoms with Gasteiger partial charge < -0.3 is 9.52 Å². The van der Waals surface area contributed by atoms with Crippen molar-refractivity contribution >= 4 is 22.7 Å². The molecule has 0 aliphatic carbocycles. The lowest BCUT2D eigenvalue weighted by molar-refractivity contribution is 0.195. The molecule has 1 aromatic carbocycles. The molecule has 5 nitrogen and oxygen atoms in total. The van der Waals surface area contributed by atoms with Crippen LogP contribution in [0.4, 0.5) is 10.5 Å². The molecule has 2 aromatic rings. The van der Waals surface area contributed by atoms with Gasteiger partial charge in [-0.15, -0.1) is 0 Å². The first-order chi connectivity index (χ1) is 9.20. The maximum atomic E-state index is 11.5. The first-order valence-corrected chi connectivity index (χ1v) is 6.28. The summed E-state index contributed by atoms with van der Waals surface area (Å²) in [5.41, 5.74) is 0.642. The Kier molecular flexibility index (Phi) is 3.29. The van der Waals surface area contributed by atoms with Gasteiger partial charge in [0.1, 0.15) is 5.58 Å². The van der Waals surface area contributed by atoms with E-state index in [1.807, 2.05) is 6.92 Å². The van der Waals surface area contributed by atoms with Crippen LogP contribution in [0.3, 0.4) is 0 Å². The number of carboxylic acid groups (broad SMARTS) is 1. The van der Waals surface area contributed by atoms with Gasteiger partial charge in [0.05, 0.1) is 5.69 Å². The highest BCUT2D eigenvalue weighted by molar-refractivity contribution is 5.91. The van der Waals surface area contributed by atoms with E-state index >= 15 is 0 Å². The topological polar surface area (TPSA) is 70.8 Å². The summed E-state index contributed by atoms with van der Waals surface area (Å²) in [7, 11) is 0. The van der Waals surface area contributed by atoms with Crippen LogP contribution in [0.25, 0.3) is 11.0 Å². The third kappa shape index (κ3) is 2.52. The average Bonchev–Trinajstić information content (AvgIpc) is 2.25. The van der Waals surface area contributed by atoms with Crippen molar-refractivity contribution in [1.82, 2.24) is 0 Å². The molecule has 0 atom stereocenters. The number of fused-ring (bicyclic) bond motifs is 1. The van der Waals surface area contributed by atoms with Gasteiger partial charge in [-0.1, -0.05) is 0 Å². The number of aryl methyl sites for hydroxylation is 1. The molecule has 0 saturated heterocycles. The quantitative estimate of drug-likeness (QED) is 0.810. The molecule has 1 aromatic heterocycles. The zero-order chi connectivity index (χ0) is 15.1. The molecule has 0 fully saturated rings. The average molecular weight is 275 g/mol. The SMILES string of the molecule is Cc1cc(=O)oc2cc(N(C(=O)O)C(C)(C)C)ccc12. The minimum Gasteiger partial charge on any atom is -0.465 e. The van der Waals surface area contributed by atoms with Gasteiger partial charge in [-0.05, 0) is 45.4 Å². The summed E-state index contributed by atoms with van der Waals surface area (Å²) in [4.78, 5) is 24.1. The predicted molar refractivity (Wildman–Crippen MR) is 77.5 cm³/mol. The Morgan fingerprint density at radius 2 is 1.90 bits per heavy atom. The molecule has 1 N–H and O–H groups in total. The Balaban J connectivity index is 2.67. The Morgan fingerprint density at radius 1 is 1.25 bits per heavy atom. The fourth-order valence-corrected chi connectivity index (χ4v) is 2.24. The molecule has 5 heteroatoms. The molecule has 0 saturated carbocycles. The zero-order valence-electron chi connectivity index (χ0n) is 11.9. The molecule has 0 bridgehead atoms. The van der Waals surface area contributed by atoms with E-state index in [0.717, 1.165) is 10.9 Å². The number of hydrogen-bond acceptors (Lipinski definition) is 3. The molecule has 20 heavy (non-hydrogen) atoms. The summed E-state index contributed by atoms with van der Waals surface area (Å²) >= 11 is 0. The normalized spacial score (nSPS) is 11.6. The van der Waals surface area contributed by atoms with E-state index in [4.69, 9.17) is 4.42 Å². The van der Waals surface area contributed by atoms with Gasteiger partial charge in [-0.25, -0.2) is 9.59 Å². The van der Waals surface area contributed by atoms with Crippen molar-refractivity contribution in [2.45, 2.75) is 33.2 Å². The van der Waals surface area contributed by atoms with Crippen LogP contribution in [0.2, 0.25) is 0 Å². The highest BCUT2D eigenvalue weighted by Gasteiger charge is 2.28. The highest BCUT2D eigenvalue weighted by atomic mass is 16.4. The summed E-state index contributed by atoms with van der Waals surface area (Å²) in [6, 6.07) is 6.49. The van der Waals surface area contributed by atoms with E-state index < -0.39 is 17.3 Å². The molecule has 0 aliphatic heterocycles. The standard InChI is InChI=1S/C15H17NO4/c1-9-7-13(17)20-12-8-10(5-6-11(9)12)16(14(18)19)15(2,3)4/h5-8H,1-4H3,(H,18,19). The molecule has 0 spiro atoms. The van der Waals surface area contributed by atoms with Gasteiger partial charge in [0.2, 0.25) is 0 Å². The molecule has 1 heterocycles. The van der Waals surface area contributed by atoms with Crippen molar-refractivity contribution in [3.63, 3.8) is 0 Å². The number of rotatable bonds is 1. The van der Waals surface area contributed by atoms with Gasteiger partial charge in [0.15, 0.2) is 0 Å². The minimum absolute atomic E-state index is 0.392. The maximum Gasteiger partial charge on any atom is 0.412 e. The lowest BCUT2D eigenvalue weighted by Gasteiger charge is -2.33. The Hall–Kier alpha value is -2.30. The van der Waals surface area contributed by atoms with Crippen LogP contribution in [0.1, 0.15) is 26.3 Å². The Labute approximate surface area is 116 Å². The third-order valence-corrected chi connectivity index (χ3v) is 3.06. The molecular weight excluding hydrogens is 258 g/mol. The third-order valence-electron chi connectivity index (χ3n) is 3.06. The van der Waals surface area contributed by atoms with E-state index in [9.17, 15) is 14.7 Å². The van der Waals surface area contributed by atoms with E-state index in [1.54, 1.807) is 39.0 Å². The zero-order valence-corrected chi connectivity index (χ0v) is 11.9. The minimum atomic E-state index is -1.05. The largest absolute Gasteiger partial charge is 0.465 e. The van der Waals surface area contributed by atoms with Crippen LogP contribution in [0.15, 0.2) is 33.5 Å². The maximum absolute atomic E-state index is 11.5. The van der Waals surface area contributed by atoms with Gasteiger partial charge >= 0.3 is 11.7 Å². The molecule has 1 amide bonds. The van der Waals surface area contributed by atoms with E-state index in [0.29, 0.717) is 11.3 Å². The summed E-state index contributed by atoms with van der Waals surface area (Å²) in [5, 5.41) is 10.2. The predicted octanol–water partition coefficient (Wildman–Crippen LogP) is 3.38. The van der Waals surface area contributed by atoms with E-state index in [1.165, 1.54) is 11.0 Å². The van der Waals surface area contributed by atoms with Crippen molar-refractivity contribution in [2.24, 2.45) is 0 Å². The first kappa shape index (κ1) is 14.1. The molecule has 2 rings (SSSR count). The second-order valence-corrected chi connectivity index (χ2v) is 5.72. The van der Waals surface area contributed by atoms with Gasteiger partial charge in [0, 0.05) is 23.1 Å². The van der Waals surface area contributed by atoms with E-state index in [2.05, 4.69) is 0 Å². The van der Waals surface area contributed by atoms with Crippen LogP contribution in [-0.4, -0.2) is 16.7 Å². The van der Waals surface area contributed by atoms with Gasteiger partial charge in [-0.3, -0.25) is 4.90 Å². The molecule has 106 valence electrons. The first-order valence-electron chi connectivity index (χ1n) is 6.28. The monoisotopic (exact) mass is 275 g/mol. The lowest BCUT2D eigenvalue weighted by atomic mass is 10.0. The molecule has 0 aliphatic rings. The Morgan fingerprint density at radius 3 is 2.45 bits per heavy atom. The Bertz CT molecular complexity index is 725. The molecule has 0 unspecified atom stereocenters. The van der Waals surface area contributed by atoms with Crippen molar-refractivity contribution in [1.29, 1.82) is 0 Å². The molecule has 0 radical (unpaired) electrons. The van der Waals surface area contributed by atoms with E-state index in [-0.39, 0.29) is 0 Å². The summed E-state index contributed by atoms with van der Waals surface area (Å²) < 4.78 is 5.15. The van der Waals surface area contributed by atoms with Crippen molar-refractivity contribution in [3.05, 3.63) is 40.2 Å². The van der Waals surface area contributed by atoms with Crippen LogP contribution in [0, 0.1) is 6.92 Å². The van der Waals surface area contributed by atoms with Crippen molar-refractivity contribution in [2.75, 3.05) is 4.90 Å². The fourth-order valence-electron chi connectivity index (χ4n) is 2.24. The van der Waals surface area contributed by atoms with Crippen molar-refractivity contribution < 1.29 is 14.3 Å². The number of anilines is 1. The van der Waals surface area contributed by atoms with Crippen LogP contribution in [0.5, 0.6) is 0 Å². The van der Waals surface area contributed by atoms with Crippen LogP contribution >= 0.6 is 0 Å². The summed E-state index contributed by atoms with van der Waals surface area (Å²) in [6.45, 7) is 7.23. The smallest absolute Gasteiger partial charge is 0.412 e. The summed E-state index contributed by atoms with van der Waals surface area (Å²) in [6.07, 6.45) is -1.05. The highest BCUT2D eigenvalue weighted by Crippen LogP contribution is 2.28. The van der Waals surface area contributed by atoms with Crippen LogP contribution in [-0.2, 0) is 0 Å². The second kappa shape index (κ2) is 4.67. The van der Waals surface area contributed by atoms with Crippen molar-refractivity contribution in [3.8, 4) is 0 Å². The van der Waals surface area contributed by atoms with Gasteiger partial charge in [-0.2, -0.15) is 0 Å². The summed E-state index contributed by atoms with van der Waals surface area (Å²) in [5.74, 6) is 0. The number of benzene rings is 1. The number of carbonyl (C=O) groups is 1. The second-order valence-electron chi connectivity index (χ2n) is 5.72. The number of nitrogens with zero attached hydrogens (tertiary/aromatic N) is 1. The van der Waals surface area contributed by atoms with Gasteiger partial charge in [0.25, 0.3) is 0 Å². The fraction of sp³-hybridized carbons (Fsp3) is 0.333. The number of hydrogen-bond donors (Lipinski definition) is 1. The lowest BCUT2D eigenvalue weighted by Crippen LogP contribution is -2.45. The van der Waals surface area contributed by atoms with Crippen LogP contribution < -0.4 is 10.5 Å².